The van der Waals surface area contributed by atoms with Gasteiger partial charge in [-0.2, -0.15) is 0 Å². The van der Waals surface area contributed by atoms with Crippen LogP contribution in [0.5, 0.6) is 0 Å². The van der Waals surface area contributed by atoms with Crippen LogP contribution >= 0.6 is 0 Å². The van der Waals surface area contributed by atoms with Crippen LogP contribution in [0.3, 0.4) is 0 Å². The smallest absolute Gasteiger partial charge is 0.272 e. The molecule has 1 unspecified atom stereocenters. The molecule has 1 aliphatic heterocycles. The van der Waals surface area contributed by atoms with E-state index in [1.807, 2.05) is 37.3 Å². The van der Waals surface area contributed by atoms with Crippen LogP contribution < -0.4 is 5.01 Å². The lowest BCUT2D eigenvalue weighted by Crippen LogP contribution is -2.46. The minimum Gasteiger partial charge on any atom is -0.279 e. The third-order valence-electron chi connectivity index (χ3n) is 4.67. The number of aryl methyl sites for hydroxylation is 1. The second kappa shape index (κ2) is 7.50. The van der Waals surface area contributed by atoms with E-state index in [0.29, 0.717) is 17.9 Å². The molecular formula is C21H20N2O3S2. The molecule has 0 aromatic heterocycles. The van der Waals surface area contributed by atoms with Crippen LogP contribution in [-0.4, -0.2) is 23.0 Å². The van der Waals surface area contributed by atoms with Crippen molar-refractivity contribution in [2.45, 2.75) is 23.1 Å². The van der Waals surface area contributed by atoms with Gasteiger partial charge in [-0.1, -0.05) is 54.1 Å². The van der Waals surface area contributed by atoms with Crippen LogP contribution in [0.1, 0.15) is 11.1 Å². The number of hydrogen-bond donors (Lipinski definition) is 0. The third-order valence-corrected chi connectivity index (χ3v) is 8.30. The van der Waals surface area contributed by atoms with E-state index in [-0.39, 0.29) is 4.90 Å². The summed E-state index contributed by atoms with van der Waals surface area (Å²) in [6.07, 6.45) is 0.697. The maximum absolute atomic E-state index is 13.5. The van der Waals surface area contributed by atoms with Crippen molar-refractivity contribution in [1.29, 1.82) is 0 Å². The molecule has 28 heavy (non-hydrogen) atoms. The Balaban J connectivity index is 1.85. The highest BCUT2D eigenvalue weighted by atomic mass is 32.3. The lowest BCUT2D eigenvalue weighted by Gasteiger charge is -2.31. The molecule has 0 saturated heterocycles. The summed E-state index contributed by atoms with van der Waals surface area (Å²) >= 11 is 0. The first-order chi connectivity index (χ1) is 13.5. The molecule has 7 heteroatoms. The molecule has 0 radical (unpaired) electrons. The topological polar surface area (TPSA) is 57.7 Å². The van der Waals surface area contributed by atoms with Gasteiger partial charge in [0.2, 0.25) is 0 Å². The molecule has 0 N–H and O–H groups in total. The fourth-order valence-corrected chi connectivity index (χ4v) is 6.46. The summed E-state index contributed by atoms with van der Waals surface area (Å²) in [4.78, 5) is 0.550. The number of anilines is 1. The fourth-order valence-electron chi connectivity index (χ4n) is 3.23. The summed E-state index contributed by atoms with van der Waals surface area (Å²) in [5, 5.41) is 1.62. The van der Waals surface area contributed by atoms with Crippen molar-refractivity contribution in [3.8, 4) is 0 Å². The SMILES string of the molecule is Cc1ccc(S(=O)(=O)N(N2CCc3ccccc32)S(=O)c2ccccc2)cc1. The van der Waals surface area contributed by atoms with Gasteiger partial charge in [0.1, 0.15) is 0 Å². The Bertz CT molecular complexity index is 1110. The summed E-state index contributed by atoms with van der Waals surface area (Å²) < 4.78 is 41.6. The molecule has 1 atom stereocenters. The second-order valence-corrected chi connectivity index (χ2v) is 9.90. The predicted molar refractivity (Wildman–Crippen MR) is 111 cm³/mol. The number of fused-ring (bicyclic) bond motifs is 1. The number of benzene rings is 3. The van der Waals surface area contributed by atoms with Crippen molar-refractivity contribution in [3.05, 3.63) is 90.0 Å². The maximum atomic E-state index is 13.5. The van der Waals surface area contributed by atoms with Gasteiger partial charge in [-0.05, 0) is 53.1 Å². The van der Waals surface area contributed by atoms with Crippen molar-refractivity contribution in [3.63, 3.8) is 0 Å². The van der Waals surface area contributed by atoms with Crippen LogP contribution in [0.15, 0.2) is 88.7 Å². The normalized spacial score (nSPS) is 14.9. The Hall–Kier alpha value is -2.48. The maximum Gasteiger partial charge on any atom is 0.272 e. The van der Waals surface area contributed by atoms with Crippen LogP contribution in [0.4, 0.5) is 5.69 Å². The molecule has 0 aliphatic carbocycles. The monoisotopic (exact) mass is 412 g/mol. The van der Waals surface area contributed by atoms with Gasteiger partial charge in [-0.25, -0.2) is 12.6 Å². The Labute approximate surface area is 167 Å². The minimum atomic E-state index is -4.03. The van der Waals surface area contributed by atoms with Gasteiger partial charge in [-0.3, -0.25) is 5.01 Å². The van der Waals surface area contributed by atoms with Crippen LogP contribution in [0.25, 0.3) is 0 Å². The third kappa shape index (κ3) is 3.37. The summed E-state index contributed by atoms with van der Waals surface area (Å²) in [7, 11) is -5.95. The number of hydrogen-bond acceptors (Lipinski definition) is 4. The first kappa shape index (κ1) is 18.9. The van der Waals surface area contributed by atoms with Gasteiger partial charge in [0.05, 0.1) is 15.5 Å². The highest BCUT2D eigenvalue weighted by Gasteiger charge is 2.38. The largest absolute Gasteiger partial charge is 0.279 e. The Morgan fingerprint density at radius 2 is 1.54 bits per heavy atom. The molecule has 3 aromatic rings. The number of nitrogens with zero attached hydrogens (tertiary/aromatic N) is 2. The minimum absolute atomic E-state index is 0.117. The molecule has 0 bridgehead atoms. The molecule has 0 amide bonds. The zero-order valence-corrected chi connectivity index (χ0v) is 17.0. The molecule has 0 saturated carbocycles. The van der Waals surface area contributed by atoms with Crippen LogP contribution in [-0.2, 0) is 27.4 Å². The molecular weight excluding hydrogens is 392 g/mol. The van der Waals surface area contributed by atoms with Crippen molar-refractivity contribution < 1.29 is 12.6 Å². The van der Waals surface area contributed by atoms with Gasteiger partial charge < -0.3 is 0 Å². The molecule has 144 valence electrons. The lowest BCUT2D eigenvalue weighted by atomic mass is 10.2. The zero-order chi connectivity index (χ0) is 19.7. The number of sulfonamides is 1. The second-order valence-electron chi connectivity index (χ2n) is 6.59. The van der Waals surface area contributed by atoms with E-state index in [9.17, 15) is 12.6 Å². The fraction of sp³-hybridized carbons (Fsp3) is 0.143. The number of rotatable bonds is 5. The Morgan fingerprint density at radius 1 is 0.893 bits per heavy atom. The van der Waals surface area contributed by atoms with Gasteiger partial charge in [0.25, 0.3) is 10.0 Å². The van der Waals surface area contributed by atoms with E-state index in [2.05, 4.69) is 0 Å². The zero-order valence-electron chi connectivity index (χ0n) is 15.4. The van der Waals surface area contributed by atoms with Crippen molar-refractivity contribution >= 4 is 26.7 Å². The van der Waals surface area contributed by atoms with Crippen molar-refractivity contribution in [1.82, 2.24) is 3.82 Å². The number of hydrazine groups is 1. The first-order valence-electron chi connectivity index (χ1n) is 8.93. The van der Waals surface area contributed by atoms with E-state index < -0.39 is 21.0 Å². The van der Waals surface area contributed by atoms with Crippen molar-refractivity contribution in [2.24, 2.45) is 0 Å². The van der Waals surface area contributed by atoms with Crippen LogP contribution in [0.2, 0.25) is 0 Å². The summed E-state index contributed by atoms with van der Waals surface area (Å²) in [5.41, 5.74) is 2.76. The molecule has 1 aliphatic rings. The van der Waals surface area contributed by atoms with Gasteiger partial charge in [-0.15, -0.1) is 0 Å². The molecule has 5 nitrogen and oxygen atoms in total. The summed E-state index contributed by atoms with van der Waals surface area (Å²) in [6.45, 7) is 2.34. The quantitative estimate of drug-likeness (QED) is 0.641. The molecule has 1 heterocycles. The van der Waals surface area contributed by atoms with Crippen LogP contribution in [0, 0.1) is 6.92 Å². The van der Waals surface area contributed by atoms with Crippen molar-refractivity contribution in [2.75, 3.05) is 11.6 Å². The average molecular weight is 413 g/mol. The highest BCUT2D eigenvalue weighted by Crippen LogP contribution is 2.34. The average Bonchev–Trinajstić information content (AvgIpc) is 3.13. The van der Waals surface area contributed by atoms with E-state index >= 15 is 0 Å². The molecule has 3 aromatic carbocycles. The summed E-state index contributed by atoms with van der Waals surface area (Å²) in [6, 6.07) is 22.9. The summed E-state index contributed by atoms with van der Waals surface area (Å²) in [5.74, 6) is 0. The predicted octanol–water partition coefficient (Wildman–Crippen LogP) is 3.69. The highest BCUT2D eigenvalue weighted by molar-refractivity contribution is 8.01. The standard InChI is InChI=1S/C21H20N2O3S2/c1-17-11-13-20(14-12-17)28(25,26)23(27(24)19-8-3-2-4-9-19)22-16-15-18-7-5-6-10-21(18)22/h2-14H,15-16H2,1H3. The van der Waals surface area contributed by atoms with E-state index in [1.165, 1.54) is 0 Å². The molecule has 4 rings (SSSR count). The van der Waals surface area contributed by atoms with Gasteiger partial charge in [0, 0.05) is 6.54 Å². The van der Waals surface area contributed by atoms with Gasteiger partial charge >= 0.3 is 0 Å². The Morgan fingerprint density at radius 3 is 2.25 bits per heavy atom. The number of para-hydroxylation sites is 1. The lowest BCUT2D eigenvalue weighted by molar-refractivity contribution is 0.513. The Kier molecular flexibility index (Phi) is 5.05. The first-order valence-corrected chi connectivity index (χ1v) is 11.5. The van der Waals surface area contributed by atoms with E-state index in [1.54, 1.807) is 53.5 Å². The van der Waals surface area contributed by atoms with E-state index in [4.69, 9.17) is 0 Å². The van der Waals surface area contributed by atoms with E-state index in [0.717, 1.165) is 20.6 Å². The van der Waals surface area contributed by atoms with Gasteiger partial charge in [0.15, 0.2) is 11.0 Å². The molecule has 0 spiro atoms. The molecule has 0 fully saturated rings.